The molecule has 3 aliphatic heterocycles. The molecule has 326 valence electrons. The number of nitrogens with zero attached hydrogens (tertiary/aromatic N) is 4. The summed E-state index contributed by atoms with van der Waals surface area (Å²) in [7, 11) is 2.60. The molecule has 4 amide bonds. The molecule has 0 radical (unpaired) electrons. The summed E-state index contributed by atoms with van der Waals surface area (Å²) >= 11 is 0. The fraction of sp³-hybridized carbons (Fsp3) is 0.447. The second-order valence-electron chi connectivity index (χ2n) is 17.0. The lowest BCUT2D eigenvalue weighted by Gasteiger charge is -2.34. The summed E-state index contributed by atoms with van der Waals surface area (Å²) in [5, 5.41) is 7.72. The first kappa shape index (κ1) is 42.5. The van der Waals surface area contributed by atoms with E-state index in [0.29, 0.717) is 39.1 Å². The quantitative estimate of drug-likeness (QED) is 0.105. The Bertz CT molecular complexity index is 2440. The van der Waals surface area contributed by atoms with Gasteiger partial charge in [-0.1, -0.05) is 50.2 Å². The maximum Gasteiger partial charge on any atom is 0.407 e. The molecule has 0 bridgehead atoms. The fourth-order valence-corrected chi connectivity index (χ4v) is 9.34. The molecule has 3 saturated heterocycles. The van der Waals surface area contributed by atoms with Gasteiger partial charge < -0.3 is 44.6 Å². The molecule has 8 rings (SSSR count). The number of likely N-dealkylation sites (tertiary alicyclic amines) is 2. The number of alkyl carbamates (subject to hydrolysis) is 2. The van der Waals surface area contributed by atoms with E-state index < -0.39 is 24.3 Å². The standard InChI is InChI=1S/C47H56N8O7/c1-27(2)40(52-46(58)60-4)44(56)54-18-6-8-38(54)42-48-25-36(50-42)33-14-15-35(28(3)22-33)32-12-10-31-24-34(13-11-30(31)23-32)37-26-49-43(51-37)39-9-7-19-55(39)45(57)41(53-47(59)61-5)29-16-20-62-21-17-29/h10-15,22-27,29,38-41H,6-9,16-21H2,1-5H3,(H,48,50)(H,49,51)(H,52,58)(H,53,59)/t38-,39?,40-,41-/m0/s1. The third kappa shape index (κ3) is 8.76. The van der Waals surface area contributed by atoms with Gasteiger partial charge in [0.2, 0.25) is 11.8 Å². The van der Waals surface area contributed by atoms with Crippen LogP contribution < -0.4 is 10.6 Å². The summed E-state index contributed by atoms with van der Waals surface area (Å²) in [5.41, 5.74) is 6.99. The van der Waals surface area contributed by atoms with Gasteiger partial charge in [0.05, 0.1) is 43.9 Å². The van der Waals surface area contributed by atoms with Crippen LogP contribution in [0.5, 0.6) is 0 Å². The number of carbonyl (C=O) groups excluding carboxylic acids is 4. The molecule has 4 atom stereocenters. The van der Waals surface area contributed by atoms with Gasteiger partial charge in [0, 0.05) is 38.1 Å². The molecule has 15 heteroatoms. The van der Waals surface area contributed by atoms with Crippen LogP contribution in [0, 0.1) is 18.8 Å². The predicted octanol–water partition coefficient (Wildman–Crippen LogP) is 7.45. The number of amides is 4. The molecule has 3 fully saturated rings. The normalized spacial score (nSPS) is 19.1. The summed E-state index contributed by atoms with van der Waals surface area (Å²) in [5.74, 6) is 1.08. The Labute approximate surface area is 361 Å². The van der Waals surface area contributed by atoms with Crippen molar-refractivity contribution in [1.82, 2.24) is 40.4 Å². The van der Waals surface area contributed by atoms with Crippen LogP contribution in [-0.4, -0.2) is 106 Å². The van der Waals surface area contributed by atoms with Crippen LogP contribution in [-0.2, 0) is 23.8 Å². The van der Waals surface area contributed by atoms with E-state index in [4.69, 9.17) is 24.2 Å². The van der Waals surface area contributed by atoms with Gasteiger partial charge in [-0.15, -0.1) is 0 Å². The number of aromatic amines is 2. The summed E-state index contributed by atoms with van der Waals surface area (Å²) in [6.45, 7) is 8.22. The number of hydrogen-bond acceptors (Lipinski definition) is 9. The number of rotatable bonds is 11. The Morgan fingerprint density at radius 2 is 1.40 bits per heavy atom. The summed E-state index contributed by atoms with van der Waals surface area (Å²) in [6.07, 6.45) is 7.13. The zero-order chi connectivity index (χ0) is 43.5. The number of carbonyl (C=O) groups is 4. The lowest BCUT2D eigenvalue weighted by molar-refractivity contribution is -0.137. The van der Waals surface area contributed by atoms with Gasteiger partial charge >= 0.3 is 12.2 Å². The Kier molecular flexibility index (Phi) is 12.6. The van der Waals surface area contributed by atoms with Crippen molar-refractivity contribution in [1.29, 1.82) is 0 Å². The van der Waals surface area contributed by atoms with Crippen LogP contribution in [0.2, 0.25) is 0 Å². The van der Waals surface area contributed by atoms with E-state index in [0.717, 1.165) is 87.3 Å². The molecule has 0 spiro atoms. The van der Waals surface area contributed by atoms with Gasteiger partial charge in [-0.2, -0.15) is 0 Å². The van der Waals surface area contributed by atoms with Crippen molar-refractivity contribution in [3.05, 3.63) is 84.2 Å². The Morgan fingerprint density at radius 3 is 2.08 bits per heavy atom. The Balaban J connectivity index is 0.954. The van der Waals surface area contributed by atoms with Gasteiger partial charge in [-0.05, 0) is 109 Å². The molecule has 5 aromatic rings. The number of hydrogen-bond donors (Lipinski definition) is 4. The Morgan fingerprint density at radius 1 is 0.774 bits per heavy atom. The van der Waals surface area contributed by atoms with E-state index in [9.17, 15) is 19.2 Å². The first-order valence-electron chi connectivity index (χ1n) is 21.7. The monoisotopic (exact) mass is 844 g/mol. The average molecular weight is 845 g/mol. The van der Waals surface area contributed by atoms with Crippen molar-refractivity contribution >= 4 is 34.8 Å². The largest absolute Gasteiger partial charge is 0.453 e. The summed E-state index contributed by atoms with van der Waals surface area (Å²) in [6, 6.07) is 17.4. The molecular weight excluding hydrogens is 789 g/mol. The van der Waals surface area contributed by atoms with Crippen molar-refractivity contribution in [2.75, 3.05) is 40.5 Å². The number of aromatic nitrogens is 4. The summed E-state index contributed by atoms with van der Waals surface area (Å²) in [4.78, 5) is 72.2. The molecule has 4 N–H and O–H groups in total. The third-order valence-corrected chi connectivity index (χ3v) is 12.7. The van der Waals surface area contributed by atoms with E-state index in [2.05, 4.69) is 82.1 Å². The molecule has 0 saturated carbocycles. The van der Waals surface area contributed by atoms with E-state index in [1.165, 1.54) is 14.2 Å². The third-order valence-electron chi connectivity index (χ3n) is 12.7. The number of fused-ring (bicyclic) bond motifs is 1. The van der Waals surface area contributed by atoms with Crippen LogP contribution in [0.1, 0.15) is 81.7 Å². The van der Waals surface area contributed by atoms with Crippen molar-refractivity contribution in [3.63, 3.8) is 0 Å². The van der Waals surface area contributed by atoms with Gasteiger partial charge in [0.25, 0.3) is 0 Å². The van der Waals surface area contributed by atoms with Crippen LogP contribution in [0.25, 0.3) is 44.4 Å². The molecule has 5 heterocycles. The topological polar surface area (TPSA) is 184 Å². The Hall–Kier alpha value is -6.22. The van der Waals surface area contributed by atoms with Crippen molar-refractivity contribution in [3.8, 4) is 33.6 Å². The smallest absolute Gasteiger partial charge is 0.407 e. The predicted molar refractivity (Wildman–Crippen MR) is 234 cm³/mol. The first-order valence-corrected chi connectivity index (χ1v) is 21.7. The molecular formula is C47H56N8O7. The highest BCUT2D eigenvalue weighted by Gasteiger charge is 2.41. The first-order chi connectivity index (χ1) is 30.0. The lowest BCUT2D eigenvalue weighted by Crippen LogP contribution is -2.53. The highest BCUT2D eigenvalue weighted by atomic mass is 16.5. The van der Waals surface area contributed by atoms with Crippen LogP contribution in [0.15, 0.2) is 67.0 Å². The van der Waals surface area contributed by atoms with Crippen molar-refractivity contribution in [2.45, 2.75) is 83.5 Å². The zero-order valence-corrected chi connectivity index (χ0v) is 36.0. The maximum absolute atomic E-state index is 14.0. The SMILES string of the molecule is COC(=O)N[C@H](C(=O)N1CCC[C@H]1c1ncc(-c2ccc(-c3ccc4cc(-c5c[nH]c(C6CCCN6C(=O)[C@@H](NC(=O)OC)C6CCOCC6)n5)ccc4c3)c(C)c2)[nH]1)C(C)C. The van der Waals surface area contributed by atoms with Crippen LogP contribution in [0.4, 0.5) is 9.59 Å². The average Bonchev–Trinajstić information content (AvgIpc) is 4.14. The van der Waals surface area contributed by atoms with Gasteiger partial charge in [0.15, 0.2) is 0 Å². The lowest BCUT2D eigenvalue weighted by atomic mass is 9.90. The minimum absolute atomic E-state index is 0.0285. The number of nitrogens with one attached hydrogen (secondary N) is 4. The molecule has 62 heavy (non-hydrogen) atoms. The molecule has 3 aliphatic rings. The molecule has 1 unspecified atom stereocenters. The number of ether oxygens (including phenoxy) is 3. The fourth-order valence-electron chi connectivity index (χ4n) is 9.34. The maximum atomic E-state index is 14.0. The highest BCUT2D eigenvalue weighted by Crippen LogP contribution is 2.37. The van der Waals surface area contributed by atoms with Crippen molar-refractivity contribution in [2.24, 2.45) is 11.8 Å². The van der Waals surface area contributed by atoms with Crippen LogP contribution >= 0.6 is 0 Å². The second-order valence-corrected chi connectivity index (χ2v) is 17.0. The van der Waals surface area contributed by atoms with E-state index in [1.54, 1.807) is 0 Å². The summed E-state index contributed by atoms with van der Waals surface area (Å²) < 4.78 is 15.2. The van der Waals surface area contributed by atoms with E-state index in [1.807, 2.05) is 36.0 Å². The molecule has 0 aliphatic carbocycles. The number of methoxy groups -OCH3 is 2. The van der Waals surface area contributed by atoms with E-state index in [-0.39, 0.29) is 35.7 Å². The molecule has 15 nitrogen and oxygen atoms in total. The number of aryl methyl sites for hydroxylation is 1. The number of H-pyrrole nitrogens is 2. The number of benzene rings is 3. The van der Waals surface area contributed by atoms with Crippen molar-refractivity contribution < 1.29 is 33.4 Å². The van der Waals surface area contributed by atoms with Gasteiger partial charge in [-0.3, -0.25) is 9.59 Å². The highest BCUT2D eigenvalue weighted by molar-refractivity contribution is 5.91. The van der Waals surface area contributed by atoms with E-state index >= 15 is 0 Å². The second kappa shape index (κ2) is 18.4. The minimum atomic E-state index is -0.691. The van der Waals surface area contributed by atoms with Crippen LogP contribution in [0.3, 0.4) is 0 Å². The number of imidazole rings is 2. The molecule has 2 aromatic heterocycles. The van der Waals surface area contributed by atoms with Gasteiger partial charge in [-0.25, -0.2) is 19.6 Å². The van der Waals surface area contributed by atoms with Gasteiger partial charge in [0.1, 0.15) is 23.7 Å². The minimum Gasteiger partial charge on any atom is -0.453 e. The molecule has 3 aromatic carbocycles. The zero-order valence-electron chi connectivity index (χ0n) is 36.0.